The van der Waals surface area contributed by atoms with Gasteiger partial charge in [0.25, 0.3) is 0 Å². The van der Waals surface area contributed by atoms with E-state index in [1.54, 1.807) is 0 Å². The van der Waals surface area contributed by atoms with E-state index in [2.05, 4.69) is 49.8 Å². The molecule has 2 aromatic rings. The highest BCUT2D eigenvalue weighted by atomic mass is 14.9. The summed E-state index contributed by atoms with van der Waals surface area (Å²) >= 11 is 0. The van der Waals surface area contributed by atoms with Crippen molar-refractivity contribution in [1.29, 1.82) is 0 Å². The topological polar surface area (TPSA) is 51.8 Å². The van der Waals surface area contributed by atoms with Crippen molar-refractivity contribution in [3.63, 3.8) is 0 Å². The van der Waals surface area contributed by atoms with E-state index in [-0.39, 0.29) is 0 Å². The highest BCUT2D eigenvalue weighted by Crippen LogP contribution is 2.26. The number of nitrogens with zero attached hydrogens (tertiary/aromatic N) is 2. The van der Waals surface area contributed by atoms with Crippen LogP contribution in [0.5, 0.6) is 0 Å². The highest BCUT2D eigenvalue weighted by molar-refractivity contribution is 5.66. The zero-order valence-corrected chi connectivity index (χ0v) is 11.4. The molecule has 2 N–H and O–H groups in total. The summed E-state index contributed by atoms with van der Waals surface area (Å²) in [5.41, 5.74) is 11.6. The van der Waals surface area contributed by atoms with Gasteiger partial charge in [0.15, 0.2) is 5.82 Å². The lowest BCUT2D eigenvalue weighted by atomic mass is 9.99. The maximum absolute atomic E-state index is 5.85. The first-order valence-electron chi connectivity index (χ1n) is 6.23. The highest BCUT2D eigenvalue weighted by Gasteiger charge is 2.11. The lowest BCUT2D eigenvalue weighted by Crippen LogP contribution is -2.02. The van der Waals surface area contributed by atoms with Gasteiger partial charge in [-0.15, -0.1) is 0 Å². The third-order valence-electron chi connectivity index (χ3n) is 3.06. The second kappa shape index (κ2) is 4.77. The first kappa shape index (κ1) is 12.6. The van der Waals surface area contributed by atoms with Crippen LogP contribution in [-0.2, 0) is 6.42 Å². The minimum atomic E-state index is 0.538. The number of hydrogen-bond donors (Lipinski definition) is 1. The number of aromatic nitrogens is 2. The van der Waals surface area contributed by atoms with Crippen LogP contribution in [0, 0.1) is 20.8 Å². The molecule has 1 heterocycles. The summed E-state index contributed by atoms with van der Waals surface area (Å²) in [6.45, 7) is 8.35. The van der Waals surface area contributed by atoms with Gasteiger partial charge < -0.3 is 5.73 Å². The molecule has 0 aliphatic rings. The fraction of sp³-hybridized carbons (Fsp3) is 0.333. The monoisotopic (exact) mass is 241 g/mol. The molecule has 0 saturated heterocycles. The molecular weight excluding hydrogens is 222 g/mol. The second-order valence-electron chi connectivity index (χ2n) is 4.74. The summed E-state index contributed by atoms with van der Waals surface area (Å²) in [6, 6.07) is 6.14. The van der Waals surface area contributed by atoms with Gasteiger partial charge in [-0.25, -0.2) is 9.97 Å². The zero-order valence-electron chi connectivity index (χ0n) is 11.4. The van der Waals surface area contributed by atoms with E-state index in [0.717, 1.165) is 23.5 Å². The van der Waals surface area contributed by atoms with Crippen LogP contribution in [0.1, 0.15) is 29.3 Å². The molecule has 18 heavy (non-hydrogen) atoms. The molecule has 94 valence electrons. The number of nitrogens with two attached hydrogens (primary N) is 1. The van der Waals surface area contributed by atoms with Crippen molar-refractivity contribution < 1.29 is 0 Å². The van der Waals surface area contributed by atoms with E-state index in [0.29, 0.717) is 5.82 Å². The molecule has 1 aromatic heterocycles. The smallest absolute Gasteiger partial charge is 0.162 e. The fourth-order valence-corrected chi connectivity index (χ4v) is 2.34. The van der Waals surface area contributed by atoms with Crippen LogP contribution in [0.3, 0.4) is 0 Å². The van der Waals surface area contributed by atoms with Crippen molar-refractivity contribution in [2.75, 3.05) is 5.73 Å². The summed E-state index contributed by atoms with van der Waals surface area (Å²) in [5.74, 6) is 1.28. The number of benzene rings is 1. The first-order valence-corrected chi connectivity index (χ1v) is 6.23. The van der Waals surface area contributed by atoms with Crippen molar-refractivity contribution in [2.24, 2.45) is 0 Å². The first-order chi connectivity index (χ1) is 8.51. The van der Waals surface area contributed by atoms with E-state index < -0.39 is 0 Å². The van der Waals surface area contributed by atoms with E-state index in [1.807, 2.05) is 6.07 Å². The molecule has 0 unspecified atom stereocenters. The summed E-state index contributed by atoms with van der Waals surface area (Å²) < 4.78 is 0. The number of aryl methyl sites for hydroxylation is 4. The van der Waals surface area contributed by atoms with Gasteiger partial charge in [-0.2, -0.15) is 0 Å². The molecule has 1 aromatic carbocycles. The summed E-state index contributed by atoms with van der Waals surface area (Å²) in [6.07, 6.45) is 0.865. The SMILES string of the molecule is CCc1cc(N)nc(-c2c(C)cc(C)cc2C)n1. The van der Waals surface area contributed by atoms with Gasteiger partial charge in [0, 0.05) is 17.3 Å². The van der Waals surface area contributed by atoms with Gasteiger partial charge in [0.1, 0.15) is 5.82 Å². The molecule has 0 spiro atoms. The Hall–Kier alpha value is -1.90. The normalized spacial score (nSPS) is 10.7. The van der Waals surface area contributed by atoms with Crippen molar-refractivity contribution in [2.45, 2.75) is 34.1 Å². The Morgan fingerprint density at radius 2 is 1.61 bits per heavy atom. The van der Waals surface area contributed by atoms with Gasteiger partial charge in [-0.3, -0.25) is 0 Å². The Labute approximate surface area is 108 Å². The van der Waals surface area contributed by atoms with Crippen LogP contribution in [-0.4, -0.2) is 9.97 Å². The molecular formula is C15H19N3. The zero-order chi connectivity index (χ0) is 13.3. The van der Waals surface area contributed by atoms with Crippen molar-refractivity contribution >= 4 is 5.82 Å². The molecule has 0 bridgehead atoms. The number of nitrogen functional groups attached to an aromatic ring is 1. The molecule has 3 nitrogen and oxygen atoms in total. The summed E-state index contributed by atoms with van der Waals surface area (Å²) in [7, 11) is 0. The maximum atomic E-state index is 5.85. The van der Waals surface area contributed by atoms with Gasteiger partial charge in [0.05, 0.1) is 0 Å². The van der Waals surface area contributed by atoms with Crippen molar-refractivity contribution in [3.8, 4) is 11.4 Å². The Balaban J connectivity index is 2.65. The molecule has 0 saturated carbocycles. The Morgan fingerprint density at radius 3 is 2.17 bits per heavy atom. The molecule has 0 aliphatic heterocycles. The van der Waals surface area contributed by atoms with E-state index in [4.69, 9.17) is 5.73 Å². The van der Waals surface area contributed by atoms with Crippen LogP contribution >= 0.6 is 0 Å². The molecule has 3 heteroatoms. The number of rotatable bonds is 2. The largest absolute Gasteiger partial charge is 0.384 e. The minimum absolute atomic E-state index is 0.538. The van der Waals surface area contributed by atoms with Crippen LogP contribution < -0.4 is 5.73 Å². The average Bonchev–Trinajstić information content (AvgIpc) is 2.26. The van der Waals surface area contributed by atoms with Gasteiger partial charge >= 0.3 is 0 Å². The van der Waals surface area contributed by atoms with Gasteiger partial charge in [-0.05, 0) is 38.3 Å². The summed E-state index contributed by atoms with van der Waals surface area (Å²) in [4.78, 5) is 8.95. The molecule has 0 aliphatic carbocycles. The van der Waals surface area contributed by atoms with E-state index >= 15 is 0 Å². The molecule has 0 amide bonds. The molecule has 0 atom stereocenters. The van der Waals surface area contributed by atoms with Crippen LogP contribution in [0.15, 0.2) is 18.2 Å². The van der Waals surface area contributed by atoms with Crippen molar-refractivity contribution in [1.82, 2.24) is 9.97 Å². The minimum Gasteiger partial charge on any atom is -0.384 e. The lowest BCUT2D eigenvalue weighted by Gasteiger charge is -2.11. The standard InChI is InChI=1S/C15H19N3/c1-5-12-8-13(16)18-15(17-12)14-10(3)6-9(2)7-11(14)4/h6-8H,5H2,1-4H3,(H2,16,17,18). The Bertz CT molecular complexity index is 565. The van der Waals surface area contributed by atoms with Crippen LogP contribution in [0.4, 0.5) is 5.82 Å². The second-order valence-corrected chi connectivity index (χ2v) is 4.74. The van der Waals surface area contributed by atoms with E-state index in [9.17, 15) is 0 Å². The van der Waals surface area contributed by atoms with Crippen LogP contribution in [0.2, 0.25) is 0 Å². The number of hydrogen-bond acceptors (Lipinski definition) is 3. The quantitative estimate of drug-likeness (QED) is 0.878. The van der Waals surface area contributed by atoms with Gasteiger partial charge in [0.2, 0.25) is 0 Å². The fourth-order valence-electron chi connectivity index (χ4n) is 2.34. The lowest BCUT2D eigenvalue weighted by molar-refractivity contribution is 1.01. The third-order valence-corrected chi connectivity index (χ3v) is 3.06. The Kier molecular flexibility index (Phi) is 3.32. The van der Waals surface area contributed by atoms with Gasteiger partial charge in [-0.1, -0.05) is 24.6 Å². The Morgan fingerprint density at radius 1 is 1.00 bits per heavy atom. The number of anilines is 1. The van der Waals surface area contributed by atoms with Crippen LogP contribution in [0.25, 0.3) is 11.4 Å². The average molecular weight is 241 g/mol. The predicted molar refractivity (Wildman–Crippen MR) is 75.5 cm³/mol. The van der Waals surface area contributed by atoms with Crippen molar-refractivity contribution in [3.05, 3.63) is 40.6 Å². The predicted octanol–water partition coefficient (Wildman–Crippen LogP) is 3.21. The molecule has 2 rings (SSSR count). The third kappa shape index (κ3) is 2.35. The summed E-state index contributed by atoms with van der Waals surface area (Å²) in [5, 5.41) is 0. The molecule has 0 radical (unpaired) electrons. The maximum Gasteiger partial charge on any atom is 0.162 e. The van der Waals surface area contributed by atoms with E-state index in [1.165, 1.54) is 16.7 Å². The molecule has 0 fully saturated rings.